The van der Waals surface area contributed by atoms with E-state index in [0.717, 1.165) is 5.56 Å². The quantitative estimate of drug-likeness (QED) is 0.537. The van der Waals surface area contributed by atoms with Crippen molar-refractivity contribution in [3.8, 4) is 23.0 Å². The molecule has 0 radical (unpaired) electrons. The number of sulfonamides is 1. The molecule has 0 spiro atoms. The van der Waals surface area contributed by atoms with Crippen molar-refractivity contribution in [3.63, 3.8) is 0 Å². The molecule has 0 aliphatic carbocycles. The summed E-state index contributed by atoms with van der Waals surface area (Å²) in [4.78, 5) is 14.5. The minimum Gasteiger partial charge on any atom is -0.486 e. The Morgan fingerprint density at radius 1 is 0.943 bits per heavy atom. The molecule has 0 fully saturated rings. The second-order valence-electron chi connectivity index (χ2n) is 8.22. The van der Waals surface area contributed by atoms with E-state index in [4.69, 9.17) is 18.9 Å². The maximum absolute atomic E-state index is 13.0. The lowest BCUT2D eigenvalue weighted by Gasteiger charge is -2.29. The zero-order valence-electron chi connectivity index (χ0n) is 19.0. The van der Waals surface area contributed by atoms with E-state index < -0.39 is 10.0 Å². The number of carbonyl (C=O) groups excluding carboxylic acids is 1. The molecule has 3 aromatic rings. The summed E-state index contributed by atoms with van der Waals surface area (Å²) in [5.74, 6) is 2.19. The highest BCUT2D eigenvalue weighted by Crippen LogP contribution is 2.33. The summed E-state index contributed by atoms with van der Waals surface area (Å²) in [5, 5.41) is 0. The van der Waals surface area contributed by atoms with Gasteiger partial charge in [0.05, 0.1) is 11.4 Å². The fraction of sp³-hybridized carbons (Fsp3) is 0.240. The summed E-state index contributed by atoms with van der Waals surface area (Å²) in [7, 11) is -2.21. The monoisotopic (exact) mass is 496 g/mol. The molecule has 1 amide bonds. The van der Waals surface area contributed by atoms with E-state index in [1.54, 1.807) is 37.4 Å². The molecule has 182 valence electrons. The molecular weight excluding hydrogens is 472 g/mol. The molecule has 0 saturated heterocycles. The summed E-state index contributed by atoms with van der Waals surface area (Å²) >= 11 is 0. The van der Waals surface area contributed by atoms with Gasteiger partial charge in [-0.05, 0) is 48.0 Å². The van der Waals surface area contributed by atoms with E-state index in [1.165, 1.54) is 17.0 Å². The number of para-hydroxylation sites is 2. The van der Waals surface area contributed by atoms with Crippen molar-refractivity contribution >= 4 is 15.9 Å². The molecule has 2 aliphatic heterocycles. The molecule has 0 aromatic heterocycles. The first-order valence-corrected chi connectivity index (χ1v) is 12.5. The number of hydrogen-bond acceptors (Lipinski definition) is 7. The molecule has 1 atom stereocenters. The van der Waals surface area contributed by atoms with Crippen molar-refractivity contribution in [3.05, 3.63) is 77.9 Å². The van der Waals surface area contributed by atoms with Crippen LogP contribution in [0.15, 0.2) is 71.6 Å². The first-order chi connectivity index (χ1) is 16.9. The van der Waals surface area contributed by atoms with Gasteiger partial charge in [0.25, 0.3) is 5.91 Å². The Kier molecular flexibility index (Phi) is 6.23. The van der Waals surface area contributed by atoms with E-state index in [1.807, 2.05) is 24.3 Å². The number of amides is 1. The van der Waals surface area contributed by atoms with Crippen LogP contribution in [0.2, 0.25) is 0 Å². The fourth-order valence-corrected chi connectivity index (χ4v) is 4.93. The van der Waals surface area contributed by atoms with Crippen LogP contribution < -0.4 is 23.7 Å². The van der Waals surface area contributed by atoms with E-state index in [0.29, 0.717) is 29.6 Å². The van der Waals surface area contributed by atoms with Crippen molar-refractivity contribution in [2.45, 2.75) is 17.5 Å². The van der Waals surface area contributed by atoms with Crippen molar-refractivity contribution in [2.75, 3.05) is 27.0 Å². The largest absolute Gasteiger partial charge is 0.486 e. The van der Waals surface area contributed by atoms with Gasteiger partial charge in [0.15, 0.2) is 29.1 Å². The van der Waals surface area contributed by atoms with Crippen LogP contribution in [0.4, 0.5) is 0 Å². The van der Waals surface area contributed by atoms with Crippen LogP contribution in [0, 0.1) is 0 Å². The summed E-state index contributed by atoms with van der Waals surface area (Å²) < 4.78 is 50.6. The van der Waals surface area contributed by atoms with Crippen LogP contribution in [0.5, 0.6) is 23.0 Å². The number of benzene rings is 3. The average molecular weight is 497 g/mol. The van der Waals surface area contributed by atoms with Crippen LogP contribution >= 0.6 is 0 Å². The Bertz CT molecular complexity index is 1360. The van der Waals surface area contributed by atoms with Crippen molar-refractivity contribution in [1.29, 1.82) is 0 Å². The second kappa shape index (κ2) is 9.47. The number of fused-ring (bicyclic) bond motifs is 2. The first-order valence-electron chi connectivity index (χ1n) is 11.0. The van der Waals surface area contributed by atoms with Crippen LogP contribution in [0.25, 0.3) is 0 Å². The molecular formula is C25H24N2O7S. The van der Waals surface area contributed by atoms with E-state index in [-0.39, 0.29) is 42.4 Å². The van der Waals surface area contributed by atoms with Gasteiger partial charge in [-0.2, -0.15) is 0 Å². The van der Waals surface area contributed by atoms with Crippen LogP contribution in [-0.2, 0) is 16.6 Å². The van der Waals surface area contributed by atoms with Gasteiger partial charge in [0.1, 0.15) is 6.61 Å². The molecule has 1 N–H and O–H groups in total. The summed E-state index contributed by atoms with van der Waals surface area (Å²) in [5.41, 5.74) is 0.983. The molecule has 35 heavy (non-hydrogen) atoms. The number of ether oxygens (including phenoxy) is 4. The minimum absolute atomic E-state index is 0.00340. The third-order valence-corrected chi connectivity index (χ3v) is 7.09. The van der Waals surface area contributed by atoms with Crippen LogP contribution in [0.3, 0.4) is 0 Å². The van der Waals surface area contributed by atoms with E-state index >= 15 is 0 Å². The highest BCUT2D eigenvalue weighted by Gasteiger charge is 2.25. The van der Waals surface area contributed by atoms with Gasteiger partial charge in [0, 0.05) is 19.2 Å². The number of rotatable bonds is 7. The zero-order valence-corrected chi connectivity index (χ0v) is 19.8. The summed E-state index contributed by atoms with van der Waals surface area (Å²) in [6.45, 7) is 0.809. The second-order valence-corrected chi connectivity index (χ2v) is 9.99. The normalized spacial score (nSPS) is 16.1. The smallest absolute Gasteiger partial charge is 0.253 e. The topological polar surface area (TPSA) is 103 Å². The predicted molar refractivity (Wildman–Crippen MR) is 126 cm³/mol. The zero-order chi connectivity index (χ0) is 24.4. The van der Waals surface area contributed by atoms with E-state index in [9.17, 15) is 13.2 Å². The Balaban J connectivity index is 1.23. The predicted octanol–water partition coefficient (Wildman–Crippen LogP) is 2.81. The molecule has 5 rings (SSSR count). The average Bonchev–Trinajstić information content (AvgIpc) is 3.35. The lowest BCUT2D eigenvalue weighted by Crippen LogP contribution is -2.41. The van der Waals surface area contributed by atoms with Gasteiger partial charge in [-0.25, -0.2) is 13.1 Å². The Morgan fingerprint density at radius 3 is 2.57 bits per heavy atom. The van der Waals surface area contributed by atoms with Crippen LogP contribution in [0.1, 0.15) is 15.9 Å². The molecule has 0 unspecified atom stereocenters. The molecule has 10 heteroatoms. The number of nitrogens with one attached hydrogen (secondary N) is 1. The number of likely N-dealkylation sites (N-methyl/N-ethyl adjacent to an activating group) is 1. The van der Waals surface area contributed by atoms with Crippen molar-refractivity contribution in [1.82, 2.24) is 9.62 Å². The Labute approximate surface area is 203 Å². The SMILES string of the molecule is CN(C[C@H]1COc2ccccc2O1)C(=O)c1cccc(S(=O)(=O)NCc2ccc3c(c2)OCO3)c1. The minimum atomic E-state index is -3.85. The number of carbonyl (C=O) groups is 1. The Hall–Kier alpha value is -3.76. The van der Waals surface area contributed by atoms with Gasteiger partial charge in [-0.3, -0.25) is 4.79 Å². The van der Waals surface area contributed by atoms with Gasteiger partial charge in [-0.15, -0.1) is 0 Å². The lowest BCUT2D eigenvalue weighted by atomic mass is 10.2. The van der Waals surface area contributed by atoms with Gasteiger partial charge in [0.2, 0.25) is 16.8 Å². The molecule has 2 heterocycles. The van der Waals surface area contributed by atoms with Gasteiger partial charge >= 0.3 is 0 Å². The molecule has 0 saturated carbocycles. The van der Waals surface area contributed by atoms with Gasteiger partial charge in [-0.1, -0.05) is 24.3 Å². The fourth-order valence-electron chi connectivity index (χ4n) is 3.87. The standard InChI is InChI=1S/C25H24N2O7S/c1-27(14-19-15-31-21-7-2-3-8-23(21)34-19)25(28)18-5-4-6-20(12-18)35(29,30)26-13-17-9-10-22-24(11-17)33-16-32-22/h2-12,19,26H,13-16H2,1H3/t19-/m0/s1. The summed E-state index contributed by atoms with van der Waals surface area (Å²) in [6, 6.07) is 18.5. The van der Waals surface area contributed by atoms with Gasteiger partial charge < -0.3 is 23.8 Å². The molecule has 3 aromatic carbocycles. The van der Waals surface area contributed by atoms with Crippen molar-refractivity contribution < 1.29 is 32.2 Å². The lowest BCUT2D eigenvalue weighted by molar-refractivity contribution is 0.0521. The Morgan fingerprint density at radius 2 is 1.71 bits per heavy atom. The molecule has 2 aliphatic rings. The van der Waals surface area contributed by atoms with E-state index in [2.05, 4.69) is 4.72 Å². The maximum Gasteiger partial charge on any atom is 0.253 e. The third kappa shape index (κ3) is 5.03. The highest BCUT2D eigenvalue weighted by atomic mass is 32.2. The van der Waals surface area contributed by atoms with Crippen LogP contribution in [-0.4, -0.2) is 52.3 Å². The first kappa shape index (κ1) is 23.0. The summed E-state index contributed by atoms with van der Waals surface area (Å²) in [6.07, 6.45) is -0.339. The number of hydrogen-bond donors (Lipinski definition) is 1. The third-order valence-electron chi connectivity index (χ3n) is 5.69. The highest BCUT2D eigenvalue weighted by molar-refractivity contribution is 7.89. The maximum atomic E-state index is 13.0. The number of nitrogens with zero attached hydrogens (tertiary/aromatic N) is 1. The molecule has 0 bridgehead atoms. The van der Waals surface area contributed by atoms with Crippen molar-refractivity contribution in [2.24, 2.45) is 0 Å². The molecule has 9 nitrogen and oxygen atoms in total.